The summed E-state index contributed by atoms with van der Waals surface area (Å²) in [6.45, 7) is 0. The summed E-state index contributed by atoms with van der Waals surface area (Å²) in [7, 11) is 0. The summed E-state index contributed by atoms with van der Waals surface area (Å²) in [5, 5.41) is 9.98. The van der Waals surface area contributed by atoms with Crippen molar-refractivity contribution < 1.29 is 84.5 Å². The summed E-state index contributed by atoms with van der Waals surface area (Å²) in [5.41, 5.74) is -14.8. The predicted molar refractivity (Wildman–Crippen MR) is 82.7 cm³/mol. The Labute approximate surface area is 196 Å². The molecule has 0 spiro atoms. The predicted octanol–water partition coefficient (Wildman–Crippen LogP) is 6.75. The van der Waals surface area contributed by atoms with E-state index < -0.39 is 99.1 Å². The van der Waals surface area contributed by atoms with Crippen molar-refractivity contribution in [3.05, 3.63) is 39.9 Å². The highest BCUT2D eigenvalue weighted by Crippen LogP contribution is 2.75. The molecular formula is C17H3ClF17O2-. The molecule has 20 heteroatoms. The topological polar surface area (TPSA) is 40.1 Å². The summed E-state index contributed by atoms with van der Waals surface area (Å²) in [6, 6.07) is -1.25. The zero-order chi connectivity index (χ0) is 29.6. The second-order valence-electron chi connectivity index (χ2n) is 7.29. The average molecular weight is 598 g/mol. The number of carbonyl (C=O) groups excluding carboxylic acids is 1. The number of allylic oxidation sites excluding steroid dienone is 1. The van der Waals surface area contributed by atoms with Gasteiger partial charge in [-0.25, -0.2) is 0 Å². The van der Waals surface area contributed by atoms with Crippen LogP contribution in [-0.4, -0.2) is 35.6 Å². The molecule has 0 aromatic heterocycles. The molecule has 0 N–H and O–H groups in total. The van der Waals surface area contributed by atoms with Crippen molar-refractivity contribution >= 4 is 23.1 Å². The molecule has 0 saturated heterocycles. The van der Waals surface area contributed by atoms with E-state index in [1.54, 1.807) is 0 Å². The van der Waals surface area contributed by atoms with Crippen LogP contribution < -0.4 is 5.11 Å². The third-order valence-corrected chi connectivity index (χ3v) is 5.44. The molecule has 1 aliphatic rings. The fraction of sp³-hybridized carbons (Fsp3) is 0.471. The molecule has 2 nitrogen and oxygen atoms in total. The van der Waals surface area contributed by atoms with Crippen LogP contribution in [0.2, 0.25) is 5.02 Å². The minimum Gasteiger partial charge on any atom is -0.872 e. The third kappa shape index (κ3) is 3.81. The van der Waals surface area contributed by atoms with Crippen LogP contribution in [0.5, 0.6) is 0 Å². The molecule has 1 aromatic carbocycles. The number of halogens is 18. The Balaban J connectivity index is 2.90. The molecule has 0 radical (unpaired) electrons. The van der Waals surface area contributed by atoms with Crippen LogP contribution in [0.1, 0.15) is 16.7 Å². The Bertz CT molecular complexity index is 1110. The van der Waals surface area contributed by atoms with Gasteiger partial charge in [-0.1, -0.05) is 17.4 Å². The van der Waals surface area contributed by atoms with Crippen molar-refractivity contribution in [2.24, 2.45) is 5.41 Å². The lowest BCUT2D eigenvalue weighted by atomic mass is 9.74. The quantitative estimate of drug-likeness (QED) is 0.220. The fourth-order valence-electron chi connectivity index (χ4n) is 3.44. The first-order valence-corrected chi connectivity index (χ1v) is 8.92. The lowest BCUT2D eigenvalue weighted by Crippen LogP contribution is -2.64. The summed E-state index contributed by atoms with van der Waals surface area (Å²) in [6.07, 6.45) is -21.2. The third-order valence-electron chi connectivity index (χ3n) is 5.15. The van der Waals surface area contributed by atoms with E-state index in [-0.39, 0.29) is 0 Å². The highest BCUT2D eigenvalue weighted by molar-refractivity contribution is 6.31. The molecule has 0 amide bonds. The standard InChI is InChI=1S/C17H4ClF17O2/c18-6-2-4(1-5(11(19,20)21)9(6)12(22,23)24)7(36)3-8(37)10(17(33,34)35)13(25,26)15(29,30)16(31,32)14(10,27)28/h1-3,36H/p-1/b7-3-. The Morgan fingerprint density at radius 1 is 0.730 bits per heavy atom. The smallest absolute Gasteiger partial charge is 0.418 e. The van der Waals surface area contributed by atoms with E-state index in [2.05, 4.69) is 0 Å². The Kier molecular flexibility index (Phi) is 6.66. The largest absolute Gasteiger partial charge is 0.872 e. The molecule has 37 heavy (non-hydrogen) atoms. The zero-order valence-corrected chi connectivity index (χ0v) is 17.1. The Morgan fingerprint density at radius 2 is 1.14 bits per heavy atom. The minimum atomic E-state index is -7.67. The van der Waals surface area contributed by atoms with Crippen LogP contribution in [0.25, 0.3) is 5.76 Å². The van der Waals surface area contributed by atoms with Crippen molar-refractivity contribution in [2.75, 3.05) is 0 Å². The molecule has 0 aliphatic heterocycles. The van der Waals surface area contributed by atoms with Crippen LogP contribution in [0.4, 0.5) is 74.6 Å². The van der Waals surface area contributed by atoms with Crippen molar-refractivity contribution in [1.29, 1.82) is 0 Å². The molecule has 0 heterocycles. The molecule has 0 atom stereocenters. The first-order valence-electron chi connectivity index (χ1n) is 8.54. The monoisotopic (exact) mass is 597 g/mol. The normalized spacial score (nSPS) is 22.7. The van der Waals surface area contributed by atoms with Crippen molar-refractivity contribution in [3.63, 3.8) is 0 Å². The Hall–Kier alpha value is -2.47. The van der Waals surface area contributed by atoms with Gasteiger partial charge in [0.2, 0.25) is 0 Å². The van der Waals surface area contributed by atoms with Gasteiger partial charge in [0.25, 0.3) is 5.41 Å². The van der Waals surface area contributed by atoms with Gasteiger partial charge >= 0.3 is 42.2 Å². The van der Waals surface area contributed by atoms with Gasteiger partial charge in [0, 0.05) is 0 Å². The molecule has 0 bridgehead atoms. The molecule has 1 aromatic rings. The van der Waals surface area contributed by atoms with E-state index in [0.717, 1.165) is 0 Å². The van der Waals surface area contributed by atoms with E-state index in [1.165, 1.54) is 0 Å². The molecule has 2 rings (SSSR count). The highest BCUT2D eigenvalue weighted by atomic mass is 35.5. The molecule has 1 fully saturated rings. The molecule has 0 unspecified atom stereocenters. The van der Waals surface area contributed by atoms with E-state index in [1.807, 2.05) is 0 Å². The second kappa shape index (κ2) is 8.02. The number of rotatable bonds is 3. The number of hydrogen-bond acceptors (Lipinski definition) is 2. The summed E-state index contributed by atoms with van der Waals surface area (Å²) < 4.78 is 228. The van der Waals surface area contributed by atoms with E-state index in [9.17, 15) is 84.5 Å². The summed E-state index contributed by atoms with van der Waals surface area (Å²) in [5.74, 6) is -37.5. The van der Waals surface area contributed by atoms with E-state index in [4.69, 9.17) is 11.6 Å². The number of alkyl halides is 17. The number of carbonyl (C=O) groups is 1. The van der Waals surface area contributed by atoms with Crippen molar-refractivity contribution in [2.45, 2.75) is 42.2 Å². The molecular weight excluding hydrogens is 595 g/mol. The van der Waals surface area contributed by atoms with Gasteiger partial charge in [0.05, 0.1) is 16.1 Å². The van der Waals surface area contributed by atoms with Crippen molar-refractivity contribution in [3.8, 4) is 0 Å². The van der Waals surface area contributed by atoms with Crippen LogP contribution in [0.15, 0.2) is 18.2 Å². The van der Waals surface area contributed by atoms with Crippen LogP contribution in [-0.2, 0) is 17.1 Å². The lowest BCUT2D eigenvalue weighted by Gasteiger charge is -2.37. The second-order valence-corrected chi connectivity index (χ2v) is 7.70. The molecule has 1 saturated carbocycles. The molecule has 1 aliphatic carbocycles. The zero-order valence-electron chi connectivity index (χ0n) is 16.4. The first kappa shape index (κ1) is 30.8. The lowest BCUT2D eigenvalue weighted by molar-refractivity contribution is -0.341. The minimum absolute atomic E-state index is 0.417. The van der Waals surface area contributed by atoms with Gasteiger partial charge in [0.1, 0.15) is 0 Å². The summed E-state index contributed by atoms with van der Waals surface area (Å²) >= 11 is 5.01. The maximum Gasteiger partial charge on any atom is 0.418 e. The van der Waals surface area contributed by atoms with Gasteiger partial charge in [-0.2, -0.15) is 74.6 Å². The number of hydrogen-bond donors (Lipinski definition) is 0. The van der Waals surface area contributed by atoms with Crippen LogP contribution >= 0.6 is 11.6 Å². The van der Waals surface area contributed by atoms with Crippen LogP contribution in [0.3, 0.4) is 0 Å². The molecule has 210 valence electrons. The van der Waals surface area contributed by atoms with Gasteiger partial charge in [0.15, 0.2) is 5.78 Å². The van der Waals surface area contributed by atoms with Gasteiger partial charge in [-0.15, -0.1) is 0 Å². The highest BCUT2D eigenvalue weighted by Gasteiger charge is 3.06. The Morgan fingerprint density at radius 3 is 1.46 bits per heavy atom. The summed E-state index contributed by atoms with van der Waals surface area (Å²) in [4.78, 5) is 11.9. The van der Waals surface area contributed by atoms with Gasteiger partial charge < -0.3 is 5.11 Å². The van der Waals surface area contributed by atoms with E-state index in [0.29, 0.717) is 0 Å². The first-order chi connectivity index (χ1) is 16.0. The maximum absolute atomic E-state index is 14.0. The van der Waals surface area contributed by atoms with Gasteiger partial charge in [-0.3, -0.25) is 4.79 Å². The van der Waals surface area contributed by atoms with Gasteiger partial charge in [-0.05, 0) is 23.8 Å². The average Bonchev–Trinajstić information content (AvgIpc) is 2.69. The number of ketones is 1. The fourth-order valence-corrected chi connectivity index (χ4v) is 3.77. The maximum atomic E-state index is 14.0. The van der Waals surface area contributed by atoms with Crippen LogP contribution in [0, 0.1) is 5.41 Å². The van der Waals surface area contributed by atoms with E-state index >= 15 is 0 Å². The SMILES string of the molecule is O=C(/C=C(\[O-])c1cc(Cl)c(C(F)(F)F)c(C(F)(F)F)c1)C1(C(F)(F)F)C(F)(F)C(F)(F)C(F)(F)C1(F)F. The number of benzene rings is 1. The van der Waals surface area contributed by atoms with Crippen molar-refractivity contribution in [1.82, 2.24) is 0 Å².